The molecule has 0 unspecified atom stereocenters. The Hall–Kier alpha value is -1.31. The average molecular weight is 200 g/mol. The largest absolute Gasteiger partial charge is 0.304 e. The molecule has 2 heteroatoms. The molecule has 0 radical (unpaired) electrons. The van der Waals surface area contributed by atoms with E-state index in [2.05, 4.69) is 29.7 Å². The Bertz CT molecular complexity index is 496. The molecule has 0 amide bonds. The number of imidazole rings is 1. The zero-order chi connectivity index (χ0) is 10.3. The zero-order valence-electron chi connectivity index (χ0n) is 9.16. The van der Waals surface area contributed by atoms with Crippen molar-refractivity contribution >= 4 is 5.65 Å². The minimum Gasteiger partial charge on any atom is -0.304 e. The van der Waals surface area contributed by atoms with Gasteiger partial charge in [-0.1, -0.05) is 12.5 Å². The Balaban J connectivity index is 2.24. The summed E-state index contributed by atoms with van der Waals surface area (Å²) >= 11 is 0. The van der Waals surface area contributed by atoms with Crippen LogP contribution in [0.5, 0.6) is 0 Å². The first kappa shape index (κ1) is 8.96. The van der Waals surface area contributed by atoms with Gasteiger partial charge in [-0.05, 0) is 44.2 Å². The van der Waals surface area contributed by atoms with Crippen LogP contribution in [-0.2, 0) is 12.8 Å². The molecule has 78 valence electrons. The number of rotatable bonds is 0. The standard InChI is InChI=1S/C13H16N2/c1-10-7-8-13-14-11-5-3-2-4-6-12(11)15(13)9-10/h7-9H,2-6H2,1H3. The van der Waals surface area contributed by atoms with Gasteiger partial charge in [-0.2, -0.15) is 0 Å². The topological polar surface area (TPSA) is 17.3 Å². The molecule has 0 saturated carbocycles. The molecule has 2 aromatic heterocycles. The van der Waals surface area contributed by atoms with Gasteiger partial charge in [0.25, 0.3) is 0 Å². The molecular formula is C13H16N2. The summed E-state index contributed by atoms with van der Waals surface area (Å²) in [6.07, 6.45) is 8.54. The highest BCUT2D eigenvalue weighted by molar-refractivity contribution is 5.44. The minimum absolute atomic E-state index is 1.12. The van der Waals surface area contributed by atoms with Crippen molar-refractivity contribution in [1.29, 1.82) is 0 Å². The highest BCUT2D eigenvalue weighted by Gasteiger charge is 2.14. The molecule has 2 aromatic rings. The lowest BCUT2D eigenvalue weighted by Crippen LogP contribution is -1.94. The summed E-state index contributed by atoms with van der Waals surface area (Å²) in [6.45, 7) is 2.14. The lowest BCUT2D eigenvalue weighted by molar-refractivity contribution is 0.701. The highest BCUT2D eigenvalue weighted by atomic mass is 15.0. The molecule has 1 aliphatic carbocycles. The van der Waals surface area contributed by atoms with E-state index in [1.54, 1.807) is 0 Å². The van der Waals surface area contributed by atoms with Gasteiger partial charge in [0.15, 0.2) is 0 Å². The summed E-state index contributed by atoms with van der Waals surface area (Å²) in [5.74, 6) is 0. The van der Waals surface area contributed by atoms with Gasteiger partial charge in [0.05, 0.1) is 5.69 Å². The van der Waals surface area contributed by atoms with Crippen LogP contribution in [0.15, 0.2) is 18.3 Å². The Kier molecular flexibility index (Phi) is 2.01. The van der Waals surface area contributed by atoms with Gasteiger partial charge >= 0.3 is 0 Å². The predicted octanol–water partition coefficient (Wildman–Crippen LogP) is 2.91. The molecule has 2 nitrogen and oxygen atoms in total. The molecule has 0 N–H and O–H groups in total. The number of aryl methyl sites for hydroxylation is 3. The van der Waals surface area contributed by atoms with E-state index in [9.17, 15) is 0 Å². The normalized spacial score (nSPS) is 16.3. The van der Waals surface area contributed by atoms with Crippen LogP contribution in [0.1, 0.15) is 36.2 Å². The third-order valence-electron chi connectivity index (χ3n) is 3.28. The molecule has 0 saturated heterocycles. The summed E-state index contributed by atoms with van der Waals surface area (Å²) < 4.78 is 2.29. The number of nitrogens with zero attached hydrogens (tertiary/aromatic N) is 2. The molecule has 3 rings (SSSR count). The van der Waals surface area contributed by atoms with E-state index in [-0.39, 0.29) is 0 Å². The average Bonchev–Trinajstić information content (AvgIpc) is 2.44. The fourth-order valence-electron chi connectivity index (χ4n) is 2.47. The fourth-order valence-corrected chi connectivity index (χ4v) is 2.47. The van der Waals surface area contributed by atoms with Crippen molar-refractivity contribution in [1.82, 2.24) is 9.38 Å². The van der Waals surface area contributed by atoms with Crippen molar-refractivity contribution in [3.8, 4) is 0 Å². The smallest absolute Gasteiger partial charge is 0.137 e. The van der Waals surface area contributed by atoms with Crippen LogP contribution in [0.2, 0.25) is 0 Å². The van der Waals surface area contributed by atoms with E-state index in [0.29, 0.717) is 0 Å². The maximum atomic E-state index is 4.72. The fraction of sp³-hybridized carbons (Fsp3) is 0.462. The lowest BCUT2D eigenvalue weighted by atomic mass is 10.2. The number of aromatic nitrogens is 2. The number of hydrogen-bond donors (Lipinski definition) is 0. The van der Waals surface area contributed by atoms with Crippen molar-refractivity contribution < 1.29 is 0 Å². The van der Waals surface area contributed by atoms with Gasteiger partial charge in [-0.15, -0.1) is 0 Å². The molecule has 1 aliphatic rings. The van der Waals surface area contributed by atoms with Gasteiger partial charge in [-0.3, -0.25) is 0 Å². The maximum Gasteiger partial charge on any atom is 0.137 e. The second-order valence-corrected chi connectivity index (χ2v) is 4.50. The molecule has 0 atom stereocenters. The first-order valence-corrected chi connectivity index (χ1v) is 5.81. The van der Waals surface area contributed by atoms with Gasteiger partial charge in [0.1, 0.15) is 5.65 Å². The second kappa shape index (κ2) is 3.37. The summed E-state index contributed by atoms with van der Waals surface area (Å²) in [6, 6.07) is 4.27. The quantitative estimate of drug-likeness (QED) is 0.598. The van der Waals surface area contributed by atoms with E-state index in [0.717, 1.165) is 12.1 Å². The maximum absolute atomic E-state index is 4.72. The van der Waals surface area contributed by atoms with Crippen LogP contribution in [-0.4, -0.2) is 9.38 Å². The van der Waals surface area contributed by atoms with Crippen molar-refractivity contribution in [2.45, 2.75) is 39.0 Å². The first-order chi connectivity index (χ1) is 7.34. The van der Waals surface area contributed by atoms with Crippen LogP contribution >= 0.6 is 0 Å². The van der Waals surface area contributed by atoms with Crippen LogP contribution in [0.4, 0.5) is 0 Å². The third kappa shape index (κ3) is 1.44. The Morgan fingerprint density at radius 1 is 1.13 bits per heavy atom. The summed E-state index contributed by atoms with van der Waals surface area (Å²) in [5, 5.41) is 0. The van der Waals surface area contributed by atoms with Crippen molar-refractivity contribution in [2.24, 2.45) is 0 Å². The zero-order valence-corrected chi connectivity index (χ0v) is 9.16. The van der Waals surface area contributed by atoms with E-state index in [1.165, 1.54) is 42.6 Å². The Morgan fingerprint density at radius 3 is 2.93 bits per heavy atom. The van der Waals surface area contributed by atoms with Crippen LogP contribution in [0.25, 0.3) is 5.65 Å². The summed E-state index contributed by atoms with van der Waals surface area (Å²) in [4.78, 5) is 4.72. The molecule has 2 heterocycles. The number of fused-ring (bicyclic) bond motifs is 3. The minimum atomic E-state index is 1.12. The molecule has 0 bridgehead atoms. The SMILES string of the molecule is Cc1ccc2nc3c(n2c1)CCCCC3. The number of hydrogen-bond acceptors (Lipinski definition) is 1. The van der Waals surface area contributed by atoms with E-state index >= 15 is 0 Å². The van der Waals surface area contributed by atoms with E-state index in [4.69, 9.17) is 4.98 Å². The van der Waals surface area contributed by atoms with Crippen molar-refractivity contribution in [2.75, 3.05) is 0 Å². The van der Waals surface area contributed by atoms with Crippen molar-refractivity contribution in [3.63, 3.8) is 0 Å². The lowest BCUT2D eigenvalue weighted by Gasteiger charge is -2.01. The molecule has 0 aromatic carbocycles. The molecule has 15 heavy (non-hydrogen) atoms. The summed E-state index contributed by atoms with van der Waals surface area (Å²) in [7, 11) is 0. The first-order valence-electron chi connectivity index (χ1n) is 5.81. The second-order valence-electron chi connectivity index (χ2n) is 4.50. The van der Waals surface area contributed by atoms with Crippen LogP contribution in [0, 0.1) is 6.92 Å². The van der Waals surface area contributed by atoms with Gasteiger partial charge < -0.3 is 4.40 Å². The van der Waals surface area contributed by atoms with Gasteiger partial charge in [0.2, 0.25) is 0 Å². The van der Waals surface area contributed by atoms with Gasteiger partial charge in [-0.25, -0.2) is 4.98 Å². The van der Waals surface area contributed by atoms with Crippen molar-refractivity contribution in [3.05, 3.63) is 35.3 Å². The van der Waals surface area contributed by atoms with Gasteiger partial charge in [0, 0.05) is 11.9 Å². The van der Waals surface area contributed by atoms with Crippen LogP contribution < -0.4 is 0 Å². The van der Waals surface area contributed by atoms with E-state index in [1.807, 2.05) is 0 Å². The third-order valence-corrected chi connectivity index (χ3v) is 3.28. The Morgan fingerprint density at radius 2 is 2.00 bits per heavy atom. The Labute approximate surface area is 90.0 Å². The molecule has 0 fully saturated rings. The number of pyridine rings is 1. The molecule has 0 spiro atoms. The van der Waals surface area contributed by atoms with Crippen LogP contribution in [0.3, 0.4) is 0 Å². The monoisotopic (exact) mass is 200 g/mol. The highest BCUT2D eigenvalue weighted by Crippen LogP contribution is 2.21. The molecular weight excluding hydrogens is 184 g/mol. The summed E-state index contributed by atoms with van der Waals surface area (Å²) in [5.41, 5.74) is 5.21. The van der Waals surface area contributed by atoms with E-state index < -0.39 is 0 Å². The predicted molar refractivity (Wildman–Crippen MR) is 61.2 cm³/mol. The molecule has 0 aliphatic heterocycles.